The van der Waals surface area contributed by atoms with E-state index in [0.29, 0.717) is 11.8 Å². The summed E-state index contributed by atoms with van der Waals surface area (Å²) in [6.45, 7) is 3.13. The number of fused-ring (bicyclic) bond motifs is 2. The van der Waals surface area contributed by atoms with Crippen molar-refractivity contribution in [1.82, 2.24) is 10.6 Å². The molecule has 106 valence electrons. The molecular weight excluding hydrogens is 252 g/mol. The predicted molar refractivity (Wildman–Crippen MR) is 73.9 cm³/mol. The van der Waals surface area contributed by atoms with Gasteiger partial charge in [-0.1, -0.05) is 6.42 Å². The summed E-state index contributed by atoms with van der Waals surface area (Å²) in [5, 5.41) is 6.27. The summed E-state index contributed by atoms with van der Waals surface area (Å²) in [7, 11) is 1.69. The Hall–Kier alpha value is -0.320. The maximum Gasteiger partial charge on any atom is 0.223 e. The number of methoxy groups -OCH3 is 1. The van der Waals surface area contributed by atoms with E-state index in [2.05, 4.69) is 10.6 Å². The number of amides is 1. The summed E-state index contributed by atoms with van der Waals surface area (Å²) >= 11 is 0. The minimum atomic E-state index is 0. The number of carbonyl (C=O) groups excluding carboxylic acids is 1. The van der Waals surface area contributed by atoms with Crippen molar-refractivity contribution in [1.29, 1.82) is 0 Å². The SMILES string of the molecule is COCCNCCNC(=O)C1CC2CCC1C2.Cl. The lowest BCUT2D eigenvalue weighted by atomic mass is 9.88. The molecule has 0 aromatic heterocycles. The van der Waals surface area contributed by atoms with Gasteiger partial charge in [0.1, 0.15) is 0 Å². The first-order valence-corrected chi connectivity index (χ1v) is 6.78. The highest BCUT2D eigenvalue weighted by Gasteiger charge is 2.42. The van der Waals surface area contributed by atoms with Crippen molar-refractivity contribution in [3.63, 3.8) is 0 Å². The Balaban J connectivity index is 0.00000162. The molecule has 0 spiro atoms. The molecule has 3 atom stereocenters. The van der Waals surface area contributed by atoms with Gasteiger partial charge in [-0.25, -0.2) is 0 Å². The van der Waals surface area contributed by atoms with Gasteiger partial charge in [-0.15, -0.1) is 12.4 Å². The van der Waals surface area contributed by atoms with Crippen LogP contribution in [-0.2, 0) is 9.53 Å². The van der Waals surface area contributed by atoms with Gasteiger partial charge in [-0.3, -0.25) is 4.79 Å². The molecule has 2 aliphatic rings. The minimum absolute atomic E-state index is 0. The molecule has 1 amide bonds. The Kier molecular flexibility index (Phi) is 6.97. The van der Waals surface area contributed by atoms with Gasteiger partial charge >= 0.3 is 0 Å². The molecule has 2 N–H and O–H groups in total. The molecule has 2 saturated carbocycles. The van der Waals surface area contributed by atoms with Crippen LogP contribution < -0.4 is 10.6 Å². The van der Waals surface area contributed by atoms with E-state index in [9.17, 15) is 4.79 Å². The summed E-state index contributed by atoms with van der Waals surface area (Å²) in [5.74, 6) is 2.12. The van der Waals surface area contributed by atoms with E-state index in [-0.39, 0.29) is 18.3 Å². The first-order chi connectivity index (χ1) is 8.31. The Morgan fingerprint density at radius 2 is 2.06 bits per heavy atom. The maximum absolute atomic E-state index is 12.0. The third-order valence-electron chi connectivity index (χ3n) is 4.16. The molecule has 0 aliphatic heterocycles. The fourth-order valence-corrected chi connectivity index (χ4v) is 3.27. The number of hydrogen-bond acceptors (Lipinski definition) is 3. The Labute approximate surface area is 116 Å². The van der Waals surface area contributed by atoms with Crippen LogP contribution in [0.4, 0.5) is 0 Å². The molecule has 2 aliphatic carbocycles. The van der Waals surface area contributed by atoms with E-state index in [1.165, 1.54) is 19.3 Å². The van der Waals surface area contributed by atoms with Crippen LogP contribution in [0.2, 0.25) is 0 Å². The maximum atomic E-state index is 12.0. The van der Waals surface area contributed by atoms with Crippen molar-refractivity contribution in [3.05, 3.63) is 0 Å². The molecule has 3 unspecified atom stereocenters. The Morgan fingerprint density at radius 1 is 1.22 bits per heavy atom. The molecule has 2 fully saturated rings. The summed E-state index contributed by atoms with van der Waals surface area (Å²) in [6, 6.07) is 0. The van der Waals surface area contributed by atoms with Crippen molar-refractivity contribution in [2.24, 2.45) is 17.8 Å². The molecule has 0 saturated heterocycles. The lowest BCUT2D eigenvalue weighted by Crippen LogP contribution is -2.38. The second-order valence-electron chi connectivity index (χ2n) is 5.32. The van der Waals surface area contributed by atoms with Crippen molar-refractivity contribution < 1.29 is 9.53 Å². The summed E-state index contributed by atoms with van der Waals surface area (Å²) < 4.78 is 4.93. The van der Waals surface area contributed by atoms with E-state index in [1.807, 2.05) is 0 Å². The van der Waals surface area contributed by atoms with Crippen molar-refractivity contribution in [2.75, 3.05) is 33.4 Å². The summed E-state index contributed by atoms with van der Waals surface area (Å²) in [5.41, 5.74) is 0. The van der Waals surface area contributed by atoms with Gasteiger partial charge in [0.2, 0.25) is 5.91 Å². The zero-order valence-electron chi connectivity index (χ0n) is 11.1. The smallest absolute Gasteiger partial charge is 0.223 e. The van der Waals surface area contributed by atoms with Crippen LogP contribution in [0.15, 0.2) is 0 Å². The molecule has 0 aromatic carbocycles. The lowest BCUT2D eigenvalue weighted by Gasteiger charge is -2.20. The largest absolute Gasteiger partial charge is 0.383 e. The average Bonchev–Trinajstić information content (AvgIpc) is 2.95. The molecule has 2 rings (SSSR count). The molecule has 2 bridgehead atoms. The number of carbonyl (C=O) groups is 1. The van der Waals surface area contributed by atoms with E-state index in [4.69, 9.17) is 4.74 Å². The fraction of sp³-hybridized carbons (Fsp3) is 0.923. The molecule has 18 heavy (non-hydrogen) atoms. The third-order valence-corrected chi connectivity index (χ3v) is 4.16. The summed E-state index contributed by atoms with van der Waals surface area (Å²) in [6.07, 6.45) is 5.06. The highest BCUT2D eigenvalue weighted by Crippen LogP contribution is 2.48. The second-order valence-corrected chi connectivity index (χ2v) is 5.32. The predicted octanol–water partition coefficient (Wildman–Crippen LogP) is 1.20. The molecule has 0 heterocycles. The van der Waals surface area contributed by atoms with Gasteiger partial charge < -0.3 is 15.4 Å². The van der Waals surface area contributed by atoms with Crippen LogP contribution in [0.3, 0.4) is 0 Å². The zero-order valence-corrected chi connectivity index (χ0v) is 11.9. The molecular formula is C13H25ClN2O2. The molecule has 4 nitrogen and oxygen atoms in total. The molecule has 5 heteroatoms. The lowest BCUT2D eigenvalue weighted by molar-refractivity contribution is -0.126. The van der Waals surface area contributed by atoms with Crippen molar-refractivity contribution in [2.45, 2.75) is 25.7 Å². The van der Waals surface area contributed by atoms with Crippen LogP contribution in [0, 0.1) is 17.8 Å². The Morgan fingerprint density at radius 3 is 2.67 bits per heavy atom. The van der Waals surface area contributed by atoms with Crippen LogP contribution in [0.25, 0.3) is 0 Å². The number of hydrogen-bond donors (Lipinski definition) is 2. The normalized spacial score (nSPS) is 29.1. The number of nitrogens with one attached hydrogen (secondary N) is 2. The third kappa shape index (κ3) is 4.11. The van der Waals surface area contributed by atoms with Crippen molar-refractivity contribution in [3.8, 4) is 0 Å². The van der Waals surface area contributed by atoms with Gasteiger partial charge in [0, 0.05) is 32.7 Å². The van der Waals surface area contributed by atoms with Crippen LogP contribution in [0.5, 0.6) is 0 Å². The highest BCUT2D eigenvalue weighted by atomic mass is 35.5. The zero-order chi connectivity index (χ0) is 12.1. The first-order valence-electron chi connectivity index (χ1n) is 6.78. The van der Waals surface area contributed by atoms with Gasteiger partial charge in [-0.2, -0.15) is 0 Å². The standard InChI is InChI=1S/C13H24N2O2.ClH/c1-17-7-6-14-4-5-15-13(16)12-9-10-2-3-11(12)8-10;/h10-12,14H,2-9H2,1H3,(H,15,16);1H. The van der Waals surface area contributed by atoms with Crippen LogP contribution >= 0.6 is 12.4 Å². The highest BCUT2D eigenvalue weighted by molar-refractivity contribution is 5.85. The topological polar surface area (TPSA) is 50.4 Å². The fourth-order valence-electron chi connectivity index (χ4n) is 3.27. The van der Waals surface area contributed by atoms with E-state index < -0.39 is 0 Å². The number of ether oxygens (including phenoxy) is 1. The summed E-state index contributed by atoms with van der Waals surface area (Å²) in [4.78, 5) is 12.0. The average molecular weight is 277 g/mol. The number of rotatable bonds is 7. The van der Waals surface area contributed by atoms with Crippen LogP contribution in [0.1, 0.15) is 25.7 Å². The van der Waals surface area contributed by atoms with E-state index in [0.717, 1.165) is 38.6 Å². The first kappa shape index (κ1) is 15.7. The minimum Gasteiger partial charge on any atom is -0.383 e. The quantitative estimate of drug-likeness (QED) is 0.687. The van der Waals surface area contributed by atoms with E-state index in [1.54, 1.807) is 7.11 Å². The molecule has 0 radical (unpaired) electrons. The molecule has 0 aromatic rings. The van der Waals surface area contributed by atoms with E-state index >= 15 is 0 Å². The van der Waals surface area contributed by atoms with Gasteiger partial charge in [0.25, 0.3) is 0 Å². The van der Waals surface area contributed by atoms with Gasteiger partial charge in [0.15, 0.2) is 0 Å². The van der Waals surface area contributed by atoms with Crippen LogP contribution in [-0.4, -0.2) is 39.3 Å². The second kappa shape index (κ2) is 7.97. The monoisotopic (exact) mass is 276 g/mol. The van der Waals surface area contributed by atoms with Gasteiger partial charge in [-0.05, 0) is 31.1 Å². The number of halogens is 1. The van der Waals surface area contributed by atoms with Gasteiger partial charge in [0.05, 0.1) is 6.61 Å². The Bertz CT molecular complexity index is 263. The van der Waals surface area contributed by atoms with Crippen molar-refractivity contribution >= 4 is 18.3 Å².